The molecule has 1 unspecified atom stereocenters. The van der Waals surface area contributed by atoms with E-state index in [1.807, 2.05) is 0 Å². The number of unbranched alkanes of at least 4 members (excludes halogenated alkanes) is 26. The van der Waals surface area contributed by atoms with E-state index in [-0.39, 0.29) is 12.3 Å². The summed E-state index contributed by atoms with van der Waals surface area (Å²) in [6.45, 7) is 4.85. The Labute approximate surface area is 258 Å². The van der Waals surface area contributed by atoms with Crippen LogP contribution in [0.1, 0.15) is 213 Å². The molecule has 0 amide bonds. The molecule has 0 saturated carbocycles. The maximum atomic E-state index is 12.8. The Morgan fingerprint density at radius 2 is 0.805 bits per heavy atom. The van der Waals surface area contributed by atoms with Gasteiger partial charge in [0.2, 0.25) is 0 Å². The predicted octanol–water partition coefficient (Wildman–Crippen LogP) is 11.9. The summed E-state index contributed by atoms with van der Waals surface area (Å²) in [6.07, 6.45) is 44.4. The van der Waals surface area contributed by atoms with E-state index in [2.05, 4.69) is 26.0 Å². The SMILES string of the molecule is CCCCCCCC/C=C\CCCCCCCC(=O)C(N)(CN)CCCCCCCCCCCCCCCCCC. The Balaban J connectivity index is 3.57. The second-order valence-electron chi connectivity index (χ2n) is 13.2. The normalized spacial score (nSPS) is 13.3. The summed E-state index contributed by atoms with van der Waals surface area (Å²) in [7, 11) is 0. The number of nitrogens with two attached hydrogens (primary N) is 2. The molecule has 0 aliphatic carbocycles. The van der Waals surface area contributed by atoms with Gasteiger partial charge in [-0.15, -0.1) is 0 Å². The van der Waals surface area contributed by atoms with Gasteiger partial charge in [0.15, 0.2) is 5.78 Å². The number of carbonyl (C=O) groups is 1. The zero-order valence-corrected chi connectivity index (χ0v) is 28.3. The van der Waals surface area contributed by atoms with Crippen LogP contribution in [0.25, 0.3) is 0 Å². The van der Waals surface area contributed by atoms with Crippen LogP contribution in [0.2, 0.25) is 0 Å². The highest BCUT2D eigenvalue weighted by atomic mass is 16.1. The zero-order valence-electron chi connectivity index (χ0n) is 28.3. The molecule has 0 aliphatic rings. The van der Waals surface area contributed by atoms with E-state index in [9.17, 15) is 4.79 Å². The van der Waals surface area contributed by atoms with Crippen molar-refractivity contribution in [3.05, 3.63) is 12.2 Å². The van der Waals surface area contributed by atoms with Crippen LogP contribution in [0.3, 0.4) is 0 Å². The smallest absolute Gasteiger partial charge is 0.153 e. The van der Waals surface area contributed by atoms with Crippen LogP contribution in [0.4, 0.5) is 0 Å². The molecule has 0 aromatic heterocycles. The molecule has 0 aromatic carbocycles. The lowest BCUT2D eigenvalue weighted by molar-refractivity contribution is -0.124. The minimum Gasteiger partial charge on any atom is -0.328 e. The fourth-order valence-electron chi connectivity index (χ4n) is 5.95. The number of carbonyl (C=O) groups excluding carboxylic acids is 1. The van der Waals surface area contributed by atoms with Crippen molar-refractivity contribution in [2.24, 2.45) is 11.5 Å². The summed E-state index contributed by atoms with van der Waals surface area (Å²) in [5, 5.41) is 0. The van der Waals surface area contributed by atoms with Crippen molar-refractivity contribution in [1.82, 2.24) is 0 Å². The Bertz CT molecular complexity index is 560. The van der Waals surface area contributed by atoms with Crippen LogP contribution in [0.5, 0.6) is 0 Å². The lowest BCUT2D eigenvalue weighted by Gasteiger charge is -2.26. The van der Waals surface area contributed by atoms with E-state index in [1.165, 1.54) is 167 Å². The van der Waals surface area contributed by atoms with Crippen LogP contribution < -0.4 is 11.5 Å². The second kappa shape index (κ2) is 32.2. The summed E-state index contributed by atoms with van der Waals surface area (Å²) in [4.78, 5) is 12.8. The van der Waals surface area contributed by atoms with Gasteiger partial charge in [-0.1, -0.05) is 180 Å². The first-order valence-corrected chi connectivity index (χ1v) is 18.8. The van der Waals surface area contributed by atoms with Gasteiger partial charge in [-0.2, -0.15) is 0 Å². The van der Waals surface area contributed by atoms with Crippen molar-refractivity contribution in [3.63, 3.8) is 0 Å². The number of rotatable bonds is 34. The minimum atomic E-state index is -0.795. The standard InChI is InChI=1S/C38H76N2O/c1-3-5-7-9-11-13-15-17-19-21-23-25-27-29-31-33-35-38(40,36-39)37(41)34-32-30-28-26-24-22-20-18-16-14-12-10-8-6-4-2/h18,20H,3-17,19,21-36,39-40H2,1-2H3/b20-18-. The van der Waals surface area contributed by atoms with Crippen molar-refractivity contribution in [3.8, 4) is 0 Å². The summed E-state index contributed by atoms with van der Waals surface area (Å²) >= 11 is 0. The quantitative estimate of drug-likeness (QED) is 0.0591. The van der Waals surface area contributed by atoms with Crippen molar-refractivity contribution in [2.75, 3.05) is 6.54 Å². The van der Waals surface area contributed by atoms with Crippen LogP contribution >= 0.6 is 0 Å². The zero-order chi connectivity index (χ0) is 30.1. The average molecular weight is 577 g/mol. The van der Waals surface area contributed by atoms with E-state index in [4.69, 9.17) is 11.5 Å². The van der Waals surface area contributed by atoms with E-state index < -0.39 is 5.54 Å². The van der Waals surface area contributed by atoms with Gasteiger partial charge in [0, 0.05) is 13.0 Å². The highest BCUT2D eigenvalue weighted by Crippen LogP contribution is 2.19. The van der Waals surface area contributed by atoms with Crippen molar-refractivity contribution in [1.29, 1.82) is 0 Å². The largest absolute Gasteiger partial charge is 0.328 e. The van der Waals surface area contributed by atoms with Gasteiger partial charge in [0.25, 0.3) is 0 Å². The molecule has 244 valence electrons. The molecule has 0 fully saturated rings. The van der Waals surface area contributed by atoms with Gasteiger partial charge < -0.3 is 11.5 Å². The van der Waals surface area contributed by atoms with E-state index >= 15 is 0 Å². The second-order valence-corrected chi connectivity index (χ2v) is 13.2. The molecule has 0 spiro atoms. The topological polar surface area (TPSA) is 69.1 Å². The predicted molar refractivity (Wildman–Crippen MR) is 185 cm³/mol. The maximum Gasteiger partial charge on any atom is 0.153 e. The molecule has 0 radical (unpaired) electrons. The lowest BCUT2D eigenvalue weighted by Crippen LogP contribution is -2.53. The minimum absolute atomic E-state index is 0.193. The molecule has 0 rings (SSSR count). The number of hydrogen-bond acceptors (Lipinski definition) is 3. The van der Waals surface area contributed by atoms with Gasteiger partial charge in [0.05, 0.1) is 5.54 Å². The highest BCUT2D eigenvalue weighted by molar-refractivity contribution is 5.88. The lowest BCUT2D eigenvalue weighted by atomic mass is 9.86. The fourth-order valence-corrected chi connectivity index (χ4v) is 5.95. The molecule has 41 heavy (non-hydrogen) atoms. The van der Waals surface area contributed by atoms with Crippen LogP contribution in [-0.2, 0) is 4.79 Å². The molecular weight excluding hydrogens is 500 g/mol. The van der Waals surface area contributed by atoms with Gasteiger partial charge >= 0.3 is 0 Å². The summed E-state index contributed by atoms with van der Waals surface area (Å²) < 4.78 is 0. The highest BCUT2D eigenvalue weighted by Gasteiger charge is 2.30. The monoisotopic (exact) mass is 577 g/mol. The molecule has 3 nitrogen and oxygen atoms in total. The van der Waals surface area contributed by atoms with E-state index in [0.29, 0.717) is 6.42 Å². The summed E-state index contributed by atoms with van der Waals surface area (Å²) in [5.74, 6) is 0.193. The molecule has 3 heteroatoms. The first-order valence-electron chi connectivity index (χ1n) is 18.8. The molecule has 0 bridgehead atoms. The molecule has 4 N–H and O–H groups in total. The Morgan fingerprint density at radius 1 is 0.488 bits per heavy atom. The van der Waals surface area contributed by atoms with Crippen molar-refractivity contribution in [2.45, 2.75) is 218 Å². The Kier molecular flexibility index (Phi) is 31.7. The van der Waals surface area contributed by atoms with Gasteiger partial charge in [-0.3, -0.25) is 4.79 Å². The molecule has 1 atom stereocenters. The average Bonchev–Trinajstić information content (AvgIpc) is 2.98. The number of Topliss-reactive ketones (excluding diaryl/α,β-unsaturated/α-hetero) is 1. The van der Waals surface area contributed by atoms with Crippen LogP contribution in [0, 0.1) is 0 Å². The van der Waals surface area contributed by atoms with Crippen molar-refractivity contribution < 1.29 is 4.79 Å². The molecule has 0 heterocycles. The molecular formula is C38H76N2O. The number of allylic oxidation sites excluding steroid dienone is 2. The summed E-state index contributed by atoms with van der Waals surface area (Å²) in [6, 6.07) is 0. The maximum absolute atomic E-state index is 12.8. The first kappa shape index (κ1) is 40.3. The number of hydrogen-bond donors (Lipinski definition) is 2. The van der Waals surface area contributed by atoms with Gasteiger partial charge in [-0.05, 0) is 38.5 Å². The Morgan fingerprint density at radius 3 is 1.17 bits per heavy atom. The first-order chi connectivity index (χ1) is 20.1. The van der Waals surface area contributed by atoms with Gasteiger partial charge in [-0.25, -0.2) is 0 Å². The van der Waals surface area contributed by atoms with Gasteiger partial charge in [0.1, 0.15) is 0 Å². The molecule has 0 saturated heterocycles. The third kappa shape index (κ3) is 27.9. The van der Waals surface area contributed by atoms with E-state index in [0.717, 1.165) is 25.7 Å². The van der Waals surface area contributed by atoms with E-state index in [1.54, 1.807) is 0 Å². The fraction of sp³-hybridized carbons (Fsp3) is 0.921. The van der Waals surface area contributed by atoms with Crippen LogP contribution in [0.15, 0.2) is 12.2 Å². The third-order valence-electron chi connectivity index (χ3n) is 9.06. The Hall–Kier alpha value is -0.670. The molecule has 0 aromatic rings. The number of ketones is 1. The third-order valence-corrected chi connectivity index (χ3v) is 9.06. The van der Waals surface area contributed by atoms with Crippen LogP contribution in [-0.4, -0.2) is 17.9 Å². The van der Waals surface area contributed by atoms with Crippen molar-refractivity contribution >= 4 is 5.78 Å². The molecule has 0 aliphatic heterocycles. The summed E-state index contributed by atoms with van der Waals surface area (Å²) in [5.41, 5.74) is 11.7.